The molecule has 0 aromatic carbocycles. The normalized spacial score (nSPS) is 16.7. The van der Waals surface area contributed by atoms with Crippen LogP contribution in [0, 0.1) is 19.8 Å². The number of aryl methyl sites for hydroxylation is 2. The second-order valence-electron chi connectivity index (χ2n) is 7.99. The van der Waals surface area contributed by atoms with Crippen molar-refractivity contribution < 1.29 is 31.5 Å². The van der Waals surface area contributed by atoms with Gasteiger partial charge in [-0.05, 0) is 44.7 Å². The first-order valence-corrected chi connectivity index (χ1v) is 9.89. The van der Waals surface area contributed by atoms with Crippen LogP contribution in [-0.2, 0) is 12.7 Å². The SMILES string of the molecule is Cc1cc(NC(=O)c2c(C(F)(F)F)c(C)nn2CC2CCC(F)(F)CC2)cc(C(N)=O)n1. The number of pyridine rings is 1. The zero-order valence-electron chi connectivity index (χ0n) is 17.4. The van der Waals surface area contributed by atoms with Gasteiger partial charge < -0.3 is 11.1 Å². The van der Waals surface area contributed by atoms with Crippen molar-refractivity contribution in [3.8, 4) is 0 Å². The second-order valence-corrected chi connectivity index (χ2v) is 7.99. The summed E-state index contributed by atoms with van der Waals surface area (Å²) in [5.41, 5.74) is 3.07. The number of rotatable bonds is 5. The minimum Gasteiger partial charge on any atom is -0.364 e. The summed E-state index contributed by atoms with van der Waals surface area (Å²) in [6.07, 6.45) is -5.36. The molecule has 7 nitrogen and oxygen atoms in total. The lowest BCUT2D eigenvalue weighted by molar-refractivity contribution is -0.138. The van der Waals surface area contributed by atoms with Crippen LogP contribution < -0.4 is 11.1 Å². The van der Waals surface area contributed by atoms with Gasteiger partial charge in [0, 0.05) is 30.8 Å². The van der Waals surface area contributed by atoms with Gasteiger partial charge >= 0.3 is 6.18 Å². The molecule has 0 bridgehead atoms. The lowest BCUT2D eigenvalue weighted by atomic mass is 9.87. The molecule has 2 aromatic heterocycles. The zero-order valence-corrected chi connectivity index (χ0v) is 17.4. The van der Waals surface area contributed by atoms with E-state index in [9.17, 15) is 31.5 Å². The minimum absolute atomic E-state index is 0.0344. The van der Waals surface area contributed by atoms with E-state index in [0.29, 0.717) is 5.69 Å². The third-order valence-corrected chi connectivity index (χ3v) is 5.36. The van der Waals surface area contributed by atoms with Crippen molar-refractivity contribution in [1.82, 2.24) is 14.8 Å². The Morgan fingerprint density at radius 2 is 1.84 bits per heavy atom. The number of nitrogens with two attached hydrogens (primary N) is 1. The Bertz CT molecular complexity index is 1040. The first-order chi connectivity index (χ1) is 14.8. The first kappa shape index (κ1) is 23.6. The highest BCUT2D eigenvalue weighted by Gasteiger charge is 2.42. The van der Waals surface area contributed by atoms with Crippen LogP contribution in [0.5, 0.6) is 0 Å². The van der Waals surface area contributed by atoms with Gasteiger partial charge in [-0.25, -0.2) is 13.8 Å². The van der Waals surface area contributed by atoms with Crippen molar-refractivity contribution in [3.05, 3.63) is 40.5 Å². The average molecular weight is 459 g/mol. The number of amides is 2. The van der Waals surface area contributed by atoms with Crippen LogP contribution in [0.2, 0.25) is 0 Å². The first-order valence-electron chi connectivity index (χ1n) is 9.89. The van der Waals surface area contributed by atoms with Gasteiger partial charge in [0.15, 0.2) is 0 Å². The van der Waals surface area contributed by atoms with Gasteiger partial charge in [-0.3, -0.25) is 14.3 Å². The minimum atomic E-state index is -4.86. The Balaban J connectivity index is 1.95. The number of anilines is 1. The number of hydrogen-bond acceptors (Lipinski definition) is 4. The third kappa shape index (κ3) is 5.22. The predicted octanol–water partition coefficient (Wildman–Crippen LogP) is 4.09. The van der Waals surface area contributed by atoms with Gasteiger partial charge in [0.2, 0.25) is 5.92 Å². The van der Waals surface area contributed by atoms with Gasteiger partial charge in [0.25, 0.3) is 11.8 Å². The van der Waals surface area contributed by atoms with Gasteiger partial charge in [-0.1, -0.05) is 0 Å². The van der Waals surface area contributed by atoms with Crippen LogP contribution in [0.15, 0.2) is 12.1 Å². The summed E-state index contributed by atoms with van der Waals surface area (Å²) in [5.74, 6) is -5.09. The monoisotopic (exact) mass is 459 g/mol. The van der Waals surface area contributed by atoms with Crippen molar-refractivity contribution in [1.29, 1.82) is 0 Å². The summed E-state index contributed by atoms with van der Waals surface area (Å²) >= 11 is 0. The Labute approximate surface area is 180 Å². The Kier molecular flexibility index (Phi) is 6.25. The number of nitrogens with zero attached hydrogens (tertiary/aromatic N) is 3. The maximum absolute atomic E-state index is 13.7. The molecule has 3 rings (SSSR count). The Morgan fingerprint density at radius 1 is 1.22 bits per heavy atom. The molecule has 1 aliphatic carbocycles. The molecular formula is C20H22F5N5O2. The third-order valence-electron chi connectivity index (χ3n) is 5.36. The molecule has 0 saturated heterocycles. The number of nitrogens with one attached hydrogen (secondary N) is 1. The zero-order chi connectivity index (χ0) is 23.8. The van der Waals surface area contributed by atoms with Crippen molar-refractivity contribution in [2.24, 2.45) is 11.7 Å². The van der Waals surface area contributed by atoms with E-state index in [1.165, 1.54) is 13.0 Å². The van der Waals surface area contributed by atoms with E-state index in [4.69, 9.17) is 5.73 Å². The largest absolute Gasteiger partial charge is 0.420 e. The molecule has 0 aliphatic heterocycles. The van der Waals surface area contributed by atoms with E-state index in [-0.39, 0.29) is 49.5 Å². The number of primary amides is 1. The highest BCUT2D eigenvalue weighted by molar-refractivity contribution is 6.05. The fraction of sp³-hybridized carbons (Fsp3) is 0.500. The Hall–Kier alpha value is -3.05. The number of aromatic nitrogens is 3. The number of alkyl halides is 5. The molecule has 3 N–H and O–H groups in total. The van der Waals surface area contributed by atoms with Crippen LogP contribution in [0.3, 0.4) is 0 Å². The lowest BCUT2D eigenvalue weighted by Crippen LogP contribution is -2.29. The highest BCUT2D eigenvalue weighted by atomic mass is 19.4. The van der Waals surface area contributed by atoms with Crippen molar-refractivity contribution >= 4 is 17.5 Å². The maximum Gasteiger partial charge on any atom is 0.420 e. The standard InChI is InChI=1S/C20H22F5N5O2/c1-10-7-13(8-14(27-10)17(26)31)28-18(32)16-15(20(23,24)25)11(2)29-30(16)9-12-3-5-19(21,22)6-4-12/h7-8,12H,3-6,9H2,1-2H3,(H2,26,31)(H,27,28,32). The van der Waals surface area contributed by atoms with Crippen molar-refractivity contribution in [2.45, 2.75) is 58.2 Å². The number of carbonyl (C=O) groups excluding carboxylic acids is 2. The van der Waals surface area contributed by atoms with Crippen molar-refractivity contribution in [3.63, 3.8) is 0 Å². The summed E-state index contributed by atoms with van der Waals surface area (Å²) in [6, 6.07) is 2.52. The number of carbonyl (C=O) groups is 2. The van der Waals surface area contributed by atoms with Crippen LogP contribution >= 0.6 is 0 Å². The molecule has 2 heterocycles. The van der Waals surface area contributed by atoms with E-state index in [1.807, 2.05) is 0 Å². The summed E-state index contributed by atoms with van der Waals surface area (Å²) in [6.45, 7) is 2.56. The summed E-state index contributed by atoms with van der Waals surface area (Å²) in [4.78, 5) is 28.2. The average Bonchev–Trinajstić information content (AvgIpc) is 2.99. The second kappa shape index (κ2) is 8.47. The van der Waals surface area contributed by atoms with E-state index in [0.717, 1.165) is 17.7 Å². The van der Waals surface area contributed by atoms with E-state index in [2.05, 4.69) is 15.4 Å². The van der Waals surface area contributed by atoms with Gasteiger partial charge in [-0.15, -0.1) is 0 Å². The number of halogens is 5. The fourth-order valence-corrected chi connectivity index (χ4v) is 3.87. The molecule has 32 heavy (non-hydrogen) atoms. The lowest BCUT2D eigenvalue weighted by Gasteiger charge is -2.28. The van der Waals surface area contributed by atoms with Gasteiger partial charge in [0.1, 0.15) is 17.0 Å². The van der Waals surface area contributed by atoms with E-state index >= 15 is 0 Å². The molecular weight excluding hydrogens is 437 g/mol. The van der Waals surface area contributed by atoms with Crippen LogP contribution in [0.4, 0.5) is 27.6 Å². The van der Waals surface area contributed by atoms with Crippen LogP contribution in [0.1, 0.15) is 63.6 Å². The molecule has 0 spiro atoms. The summed E-state index contributed by atoms with van der Waals surface area (Å²) in [7, 11) is 0. The molecule has 0 radical (unpaired) electrons. The topological polar surface area (TPSA) is 103 Å². The van der Waals surface area contributed by atoms with Gasteiger partial charge in [0.05, 0.1) is 5.69 Å². The van der Waals surface area contributed by atoms with Crippen LogP contribution in [-0.4, -0.2) is 32.5 Å². The Morgan fingerprint density at radius 3 is 2.41 bits per heavy atom. The molecule has 1 saturated carbocycles. The quantitative estimate of drug-likeness (QED) is 0.658. The summed E-state index contributed by atoms with van der Waals surface area (Å²) < 4.78 is 69.0. The molecule has 2 aromatic rings. The molecule has 0 unspecified atom stereocenters. The van der Waals surface area contributed by atoms with Crippen LogP contribution in [0.25, 0.3) is 0 Å². The molecule has 174 valence electrons. The molecule has 1 fully saturated rings. The molecule has 1 aliphatic rings. The van der Waals surface area contributed by atoms with E-state index in [1.54, 1.807) is 0 Å². The smallest absolute Gasteiger partial charge is 0.364 e. The molecule has 2 amide bonds. The molecule has 12 heteroatoms. The molecule has 0 atom stereocenters. The predicted molar refractivity (Wildman–Crippen MR) is 104 cm³/mol. The highest BCUT2D eigenvalue weighted by Crippen LogP contribution is 2.39. The van der Waals surface area contributed by atoms with Gasteiger partial charge in [-0.2, -0.15) is 18.3 Å². The van der Waals surface area contributed by atoms with E-state index < -0.39 is 40.9 Å². The maximum atomic E-state index is 13.7. The number of hydrogen-bond donors (Lipinski definition) is 2. The van der Waals surface area contributed by atoms with Crippen molar-refractivity contribution in [2.75, 3.05) is 5.32 Å². The fourth-order valence-electron chi connectivity index (χ4n) is 3.87. The summed E-state index contributed by atoms with van der Waals surface area (Å²) in [5, 5.41) is 6.24.